The van der Waals surface area contributed by atoms with Crippen molar-refractivity contribution in [3.63, 3.8) is 0 Å². The van der Waals surface area contributed by atoms with Crippen LogP contribution in [0.25, 0.3) is 0 Å². The third-order valence-electron chi connectivity index (χ3n) is 1.51. The van der Waals surface area contributed by atoms with E-state index in [1.807, 2.05) is 13.8 Å². The highest BCUT2D eigenvalue weighted by Crippen LogP contribution is 2.02. The lowest BCUT2D eigenvalue weighted by Gasteiger charge is -2.29. The van der Waals surface area contributed by atoms with Crippen LogP contribution in [-0.2, 0) is 0 Å². The first-order valence-corrected chi connectivity index (χ1v) is 3.35. The van der Waals surface area contributed by atoms with Crippen molar-refractivity contribution in [2.24, 2.45) is 0 Å². The maximum Gasteiger partial charge on any atom is 0.0442 e. The molecule has 1 aliphatic rings. The Kier molecular flexibility index (Phi) is 2.03. The Morgan fingerprint density at radius 1 is 1.33 bits per heavy atom. The lowest BCUT2D eigenvalue weighted by Crippen LogP contribution is -2.51. The van der Waals surface area contributed by atoms with Gasteiger partial charge >= 0.3 is 0 Å². The van der Waals surface area contributed by atoms with Crippen LogP contribution in [0, 0.1) is 0 Å². The van der Waals surface area contributed by atoms with E-state index >= 15 is 0 Å². The third kappa shape index (κ3) is 1.91. The Bertz CT molecular complexity index is 72.0. The summed E-state index contributed by atoms with van der Waals surface area (Å²) in [4.78, 5) is 0. The first-order chi connectivity index (χ1) is 4.18. The lowest BCUT2D eigenvalue weighted by molar-refractivity contribution is -0.0147. The highest BCUT2D eigenvalue weighted by molar-refractivity contribution is 4.76. The van der Waals surface area contributed by atoms with Gasteiger partial charge in [-0.2, -0.15) is 0 Å². The molecule has 1 fully saturated rings. The number of piperazine rings is 1. The van der Waals surface area contributed by atoms with E-state index in [1.165, 1.54) is 0 Å². The molecule has 0 aromatic rings. The molecule has 0 aromatic carbocycles. The van der Waals surface area contributed by atoms with E-state index in [0.29, 0.717) is 25.2 Å². The molecule has 1 saturated heterocycles. The molecule has 0 spiro atoms. The van der Waals surface area contributed by atoms with Gasteiger partial charge in [0.1, 0.15) is 0 Å². The fourth-order valence-electron chi connectivity index (χ4n) is 1.26. The molecule has 0 radical (unpaired) electrons. The monoisotopic (exact) mass is 132 g/mol. The standard InChI is InChI=1S/C6H13FN2/c1-5-3-9(7)4-6(2)8-5/h5-6,8H,3-4H2,1-2H3/t5-,6+. The van der Waals surface area contributed by atoms with E-state index in [0.717, 1.165) is 5.12 Å². The fourth-order valence-corrected chi connectivity index (χ4v) is 1.26. The van der Waals surface area contributed by atoms with Gasteiger partial charge < -0.3 is 5.32 Å². The van der Waals surface area contributed by atoms with Gasteiger partial charge in [0.15, 0.2) is 0 Å². The summed E-state index contributed by atoms with van der Waals surface area (Å²) in [6, 6.07) is 0.581. The molecule has 54 valence electrons. The Hall–Kier alpha value is -0.150. The lowest BCUT2D eigenvalue weighted by atomic mass is 10.2. The molecule has 0 saturated carbocycles. The molecule has 2 nitrogen and oxygen atoms in total. The third-order valence-corrected chi connectivity index (χ3v) is 1.51. The largest absolute Gasteiger partial charge is 0.309 e. The van der Waals surface area contributed by atoms with Crippen LogP contribution in [0.3, 0.4) is 0 Å². The van der Waals surface area contributed by atoms with Gasteiger partial charge in [-0.15, -0.1) is 9.60 Å². The van der Waals surface area contributed by atoms with Gasteiger partial charge in [-0.3, -0.25) is 0 Å². The molecule has 9 heavy (non-hydrogen) atoms. The maximum atomic E-state index is 12.5. The van der Waals surface area contributed by atoms with Crippen LogP contribution < -0.4 is 5.32 Å². The Labute approximate surface area is 55.0 Å². The number of hydrogen-bond donors (Lipinski definition) is 1. The summed E-state index contributed by atoms with van der Waals surface area (Å²) in [6.45, 7) is 5.01. The van der Waals surface area contributed by atoms with Crippen LogP contribution in [0.15, 0.2) is 0 Å². The average molecular weight is 132 g/mol. The smallest absolute Gasteiger partial charge is 0.0442 e. The van der Waals surface area contributed by atoms with Crippen molar-refractivity contribution in [2.45, 2.75) is 25.9 Å². The number of nitrogens with one attached hydrogen (secondary N) is 1. The van der Waals surface area contributed by atoms with E-state index in [2.05, 4.69) is 5.32 Å². The van der Waals surface area contributed by atoms with Crippen molar-refractivity contribution in [1.82, 2.24) is 10.4 Å². The molecule has 1 heterocycles. The van der Waals surface area contributed by atoms with Gasteiger partial charge in [0, 0.05) is 25.2 Å². The first kappa shape index (κ1) is 6.96. The molecule has 1 N–H and O–H groups in total. The zero-order valence-electron chi connectivity index (χ0n) is 5.89. The maximum absolute atomic E-state index is 12.5. The SMILES string of the molecule is C[C@@H]1CN(F)C[C@H](C)N1. The molecule has 1 aliphatic heterocycles. The highest BCUT2D eigenvalue weighted by atomic mass is 19.2. The summed E-state index contributed by atoms with van der Waals surface area (Å²) in [5.74, 6) is 0. The summed E-state index contributed by atoms with van der Waals surface area (Å²) in [6.07, 6.45) is 0. The Morgan fingerprint density at radius 3 is 2.11 bits per heavy atom. The summed E-state index contributed by atoms with van der Waals surface area (Å²) in [5.41, 5.74) is 0. The van der Waals surface area contributed by atoms with Crippen molar-refractivity contribution in [2.75, 3.05) is 13.1 Å². The fraction of sp³-hybridized carbons (Fsp3) is 1.00. The molecule has 2 atom stereocenters. The summed E-state index contributed by atoms with van der Waals surface area (Å²) in [5, 5.41) is 4.09. The second-order valence-corrected chi connectivity index (χ2v) is 2.80. The average Bonchev–Trinajstić information content (AvgIpc) is 1.59. The van der Waals surface area contributed by atoms with Gasteiger partial charge in [0.2, 0.25) is 0 Å². The minimum atomic E-state index is 0.291. The predicted octanol–water partition coefficient (Wildman–Crippen LogP) is 0.553. The molecular weight excluding hydrogens is 119 g/mol. The van der Waals surface area contributed by atoms with Crippen molar-refractivity contribution < 1.29 is 4.48 Å². The first-order valence-electron chi connectivity index (χ1n) is 3.35. The summed E-state index contributed by atoms with van der Waals surface area (Å²) in [7, 11) is 0. The Morgan fingerprint density at radius 2 is 1.78 bits per heavy atom. The van der Waals surface area contributed by atoms with Gasteiger partial charge in [-0.05, 0) is 13.8 Å². The number of nitrogens with zero attached hydrogens (tertiary/aromatic N) is 1. The summed E-state index contributed by atoms with van der Waals surface area (Å²) >= 11 is 0. The van der Waals surface area contributed by atoms with E-state index < -0.39 is 0 Å². The van der Waals surface area contributed by atoms with Gasteiger partial charge in [0.25, 0.3) is 0 Å². The van der Waals surface area contributed by atoms with Crippen molar-refractivity contribution in [3.8, 4) is 0 Å². The molecule has 0 aliphatic carbocycles. The molecule has 1 rings (SSSR count). The number of halogens is 1. The van der Waals surface area contributed by atoms with Gasteiger partial charge in [-0.1, -0.05) is 0 Å². The van der Waals surface area contributed by atoms with Crippen LogP contribution in [0.2, 0.25) is 0 Å². The van der Waals surface area contributed by atoms with Crippen molar-refractivity contribution in [3.05, 3.63) is 0 Å². The zero-order valence-corrected chi connectivity index (χ0v) is 5.89. The van der Waals surface area contributed by atoms with E-state index in [-0.39, 0.29) is 0 Å². The topological polar surface area (TPSA) is 15.3 Å². The minimum absolute atomic E-state index is 0.291. The molecule has 0 amide bonds. The van der Waals surface area contributed by atoms with E-state index in [4.69, 9.17) is 0 Å². The molecule has 0 unspecified atom stereocenters. The van der Waals surface area contributed by atoms with Crippen LogP contribution in [0.1, 0.15) is 13.8 Å². The molecule has 3 heteroatoms. The van der Waals surface area contributed by atoms with Crippen LogP contribution in [0.4, 0.5) is 4.48 Å². The van der Waals surface area contributed by atoms with Crippen LogP contribution >= 0.6 is 0 Å². The molecule has 0 aromatic heterocycles. The van der Waals surface area contributed by atoms with Gasteiger partial charge in [0.05, 0.1) is 0 Å². The predicted molar refractivity (Wildman–Crippen MR) is 34.7 cm³/mol. The molecule has 0 bridgehead atoms. The zero-order chi connectivity index (χ0) is 6.85. The quantitative estimate of drug-likeness (QED) is 0.484. The number of hydrogen-bond acceptors (Lipinski definition) is 2. The van der Waals surface area contributed by atoms with Gasteiger partial charge in [-0.25, -0.2) is 0 Å². The van der Waals surface area contributed by atoms with Crippen LogP contribution in [-0.4, -0.2) is 30.3 Å². The van der Waals surface area contributed by atoms with Crippen molar-refractivity contribution in [1.29, 1.82) is 0 Å². The molecular formula is C6H13FN2. The second kappa shape index (κ2) is 2.62. The minimum Gasteiger partial charge on any atom is -0.309 e. The van der Waals surface area contributed by atoms with Crippen LogP contribution in [0.5, 0.6) is 0 Å². The van der Waals surface area contributed by atoms with E-state index in [1.54, 1.807) is 0 Å². The van der Waals surface area contributed by atoms with E-state index in [9.17, 15) is 4.48 Å². The Balaban J connectivity index is 2.34. The number of rotatable bonds is 0. The van der Waals surface area contributed by atoms with Crippen molar-refractivity contribution >= 4 is 0 Å². The second-order valence-electron chi connectivity index (χ2n) is 2.80. The summed E-state index contributed by atoms with van der Waals surface area (Å²) < 4.78 is 12.5. The highest BCUT2D eigenvalue weighted by Gasteiger charge is 2.19. The normalized spacial score (nSPS) is 39.0.